The van der Waals surface area contributed by atoms with Gasteiger partial charge in [-0.05, 0) is 44.5 Å². The van der Waals surface area contributed by atoms with E-state index in [-0.39, 0.29) is 5.56 Å². The Morgan fingerprint density at radius 2 is 1.84 bits per heavy atom. The van der Waals surface area contributed by atoms with E-state index >= 15 is 0 Å². The van der Waals surface area contributed by atoms with Crippen LogP contribution in [0.4, 0.5) is 13.2 Å². The molecule has 2 unspecified atom stereocenters. The predicted molar refractivity (Wildman–Crippen MR) is 87.8 cm³/mol. The molecule has 0 saturated carbocycles. The topological polar surface area (TPSA) is 53.6 Å². The van der Waals surface area contributed by atoms with Gasteiger partial charge < -0.3 is 10.3 Å². The average Bonchev–Trinajstić information content (AvgIpc) is 3.02. The molecule has 0 aliphatic carbocycles. The minimum absolute atomic E-state index is 0.193. The Hall–Kier alpha value is -2.41. The summed E-state index contributed by atoms with van der Waals surface area (Å²) in [5.41, 5.74) is 1.92. The van der Waals surface area contributed by atoms with Crippen molar-refractivity contribution in [2.45, 2.75) is 31.7 Å². The second-order valence-electron chi connectivity index (χ2n) is 6.54. The Bertz CT molecular complexity index is 869. The lowest BCUT2D eigenvalue weighted by Crippen LogP contribution is -2.35. The van der Waals surface area contributed by atoms with Gasteiger partial charge in [-0.3, -0.25) is 0 Å². The van der Waals surface area contributed by atoms with E-state index < -0.39 is 17.5 Å². The summed E-state index contributed by atoms with van der Waals surface area (Å²) in [4.78, 5) is 12.1. The second kappa shape index (κ2) is 6.15. The minimum Gasteiger partial charge on any atom is -0.342 e. The minimum atomic E-state index is -1.48. The molecular weight excluding hydrogens is 329 g/mol. The second-order valence-corrected chi connectivity index (χ2v) is 6.54. The fourth-order valence-corrected chi connectivity index (χ4v) is 3.37. The third-order valence-corrected chi connectivity index (χ3v) is 4.68. The van der Waals surface area contributed by atoms with E-state index in [4.69, 9.17) is 0 Å². The van der Waals surface area contributed by atoms with E-state index in [1.807, 2.05) is 0 Å². The van der Waals surface area contributed by atoms with Crippen LogP contribution in [0.3, 0.4) is 0 Å². The van der Waals surface area contributed by atoms with E-state index in [0.717, 1.165) is 43.0 Å². The molecule has 0 aromatic heterocycles. The van der Waals surface area contributed by atoms with Crippen molar-refractivity contribution in [3.63, 3.8) is 0 Å². The third kappa shape index (κ3) is 3.00. The number of aromatic amines is 1. The summed E-state index contributed by atoms with van der Waals surface area (Å²) in [6.07, 6.45) is 3.65. The fraction of sp³-hybridized carbons (Fsp3) is 0.333. The number of hydrogen-bond acceptors (Lipinski definition) is 3. The highest BCUT2D eigenvalue weighted by atomic mass is 19.2. The quantitative estimate of drug-likeness (QED) is 0.693. The van der Waals surface area contributed by atoms with Gasteiger partial charge >= 0.3 is 0 Å². The molecule has 2 N–H and O–H groups in total. The first-order valence-electron chi connectivity index (χ1n) is 8.25. The van der Waals surface area contributed by atoms with Crippen molar-refractivity contribution in [1.29, 1.82) is 0 Å². The van der Waals surface area contributed by atoms with Crippen LogP contribution in [0, 0.1) is 17.5 Å². The van der Waals surface area contributed by atoms with E-state index in [9.17, 15) is 13.2 Å². The first-order valence-corrected chi connectivity index (χ1v) is 8.25. The molecule has 1 fully saturated rings. The Morgan fingerprint density at radius 1 is 1.08 bits per heavy atom. The number of H-pyrrole nitrogens is 1. The van der Waals surface area contributed by atoms with Crippen LogP contribution in [-0.2, 0) is 0 Å². The summed E-state index contributed by atoms with van der Waals surface area (Å²) in [6.45, 7) is 3.09. The SMILES string of the molecule is CC1CC(c2ncc3nc(-c4cc(F)c(F)c(F)c4)cc-3[nH]2)CCN1. The molecule has 3 aliphatic heterocycles. The number of nitrogens with one attached hydrogen (secondary N) is 2. The van der Waals surface area contributed by atoms with Gasteiger partial charge in [0.1, 0.15) is 11.5 Å². The standard InChI is InChI=1S/C18H17F3N4/c1-9-4-10(2-3-22-9)18-23-8-16-15(25-18)7-14(24-16)11-5-12(19)17(21)13(20)6-11/h5-10,22H,2-4H2,1H3,(H,23,25). The van der Waals surface area contributed by atoms with Gasteiger partial charge in [-0.1, -0.05) is 0 Å². The highest BCUT2D eigenvalue weighted by Crippen LogP contribution is 2.31. The molecule has 1 saturated heterocycles. The summed E-state index contributed by atoms with van der Waals surface area (Å²) in [5.74, 6) is -2.71. The zero-order chi connectivity index (χ0) is 17.6. The maximum absolute atomic E-state index is 13.5. The van der Waals surface area contributed by atoms with Gasteiger partial charge in [-0.25, -0.2) is 23.1 Å². The highest BCUT2D eigenvalue weighted by molar-refractivity contribution is 5.70. The van der Waals surface area contributed by atoms with Gasteiger partial charge in [0.05, 0.1) is 17.6 Å². The van der Waals surface area contributed by atoms with Crippen molar-refractivity contribution in [3.05, 3.63) is 47.7 Å². The summed E-state index contributed by atoms with van der Waals surface area (Å²) in [7, 11) is 0. The fourth-order valence-electron chi connectivity index (χ4n) is 3.37. The van der Waals surface area contributed by atoms with Crippen LogP contribution in [-0.4, -0.2) is 27.5 Å². The van der Waals surface area contributed by atoms with Crippen LogP contribution in [0.5, 0.6) is 0 Å². The monoisotopic (exact) mass is 346 g/mol. The van der Waals surface area contributed by atoms with Crippen molar-refractivity contribution in [2.24, 2.45) is 0 Å². The largest absolute Gasteiger partial charge is 0.342 e. The van der Waals surface area contributed by atoms with Crippen LogP contribution in [0.1, 0.15) is 31.5 Å². The van der Waals surface area contributed by atoms with Crippen molar-refractivity contribution in [2.75, 3.05) is 6.54 Å². The molecule has 3 aliphatic rings. The molecule has 25 heavy (non-hydrogen) atoms. The van der Waals surface area contributed by atoms with E-state index in [1.54, 1.807) is 12.3 Å². The predicted octanol–water partition coefficient (Wildman–Crippen LogP) is 3.85. The molecule has 0 bridgehead atoms. The molecule has 4 nitrogen and oxygen atoms in total. The lowest BCUT2D eigenvalue weighted by atomic mass is 9.92. The molecular formula is C18H17F3N4. The van der Waals surface area contributed by atoms with Crippen LogP contribution in [0.2, 0.25) is 0 Å². The van der Waals surface area contributed by atoms with Crippen molar-refractivity contribution < 1.29 is 13.2 Å². The van der Waals surface area contributed by atoms with E-state index in [2.05, 4.69) is 27.2 Å². The van der Waals surface area contributed by atoms with Gasteiger partial charge in [0.2, 0.25) is 0 Å². The van der Waals surface area contributed by atoms with Crippen molar-refractivity contribution >= 4 is 0 Å². The number of fused-ring (bicyclic) bond motifs is 1. The van der Waals surface area contributed by atoms with Crippen LogP contribution >= 0.6 is 0 Å². The molecule has 7 heteroatoms. The number of halogens is 3. The number of hydrogen-bond donors (Lipinski definition) is 2. The van der Waals surface area contributed by atoms with Gasteiger partial charge in [-0.15, -0.1) is 0 Å². The molecule has 4 rings (SSSR count). The summed E-state index contributed by atoms with van der Waals surface area (Å²) in [5, 5.41) is 3.40. The lowest BCUT2D eigenvalue weighted by molar-refractivity contribution is 0.371. The third-order valence-electron chi connectivity index (χ3n) is 4.68. The first kappa shape index (κ1) is 16.1. The normalized spacial score (nSPS) is 21.0. The number of piperidine rings is 1. The van der Waals surface area contributed by atoms with Gasteiger partial charge in [0.15, 0.2) is 17.5 Å². The summed E-state index contributed by atoms with van der Waals surface area (Å²) in [6, 6.07) is 4.03. The maximum atomic E-state index is 13.5. The summed E-state index contributed by atoms with van der Waals surface area (Å²) >= 11 is 0. The Morgan fingerprint density at radius 3 is 2.56 bits per heavy atom. The number of benzene rings is 1. The van der Waals surface area contributed by atoms with Crippen LogP contribution in [0.25, 0.3) is 22.6 Å². The molecule has 0 spiro atoms. The van der Waals surface area contributed by atoms with Gasteiger partial charge in [-0.2, -0.15) is 0 Å². The van der Waals surface area contributed by atoms with E-state index in [1.165, 1.54) is 0 Å². The van der Waals surface area contributed by atoms with Crippen molar-refractivity contribution in [1.82, 2.24) is 20.3 Å². The molecule has 130 valence electrons. The van der Waals surface area contributed by atoms with Crippen LogP contribution < -0.4 is 5.32 Å². The molecule has 1 aromatic carbocycles. The average molecular weight is 346 g/mol. The number of nitrogens with zero attached hydrogens (tertiary/aromatic N) is 2. The molecule has 1 aromatic rings. The Kier molecular flexibility index (Phi) is 3.95. The molecule has 0 amide bonds. The Balaban J connectivity index is 1.70. The van der Waals surface area contributed by atoms with E-state index in [0.29, 0.717) is 23.3 Å². The Labute approximate surface area is 142 Å². The van der Waals surface area contributed by atoms with Gasteiger partial charge in [0, 0.05) is 17.5 Å². The maximum Gasteiger partial charge on any atom is 0.194 e. The summed E-state index contributed by atoms with van der Waals surface area (Å²) < 4.78 is 40.0. The number of aromatic nitrogens is 3. The first-order chi connectivity index (χ1) is 12.0. The molecule has 3 heterocycles. The van der Waals surface area contributed by atoms with Crippen LogP contribution in [0.15, 0.2) is 24.4 Å². The molecule has 2 atom stereocenters. The lowest BCUT2D eigenvalue weighted by Gasteiger charge is -2.27. The molecule has 0 radical (unpaired) electrons. The van der Waals surface area contributed by atoms with Gasteiger partial charge in [0.25, 0.3) is 0 Å². The van der Waals surface area contributed by atoms with Crippen molar-refractivity contribution in [3.8, 4) is 22.6 Å². The zero-order valence-electron chi connectivity index (χ0n) is 13.6. The smallest absolute Gasteiger partial charge is 0.194 e. The highest BCUT2D eigenvalue weighted by Gasteiger charge is 2.23. The zero-order valence-corrected chi connectivity index (χ0v) is 13.6. The number of rotatable bonds is 2.